The van der Waals surface area contributed by atoms with E-state index in [1.165, 1.54) is 32.5 Å². The summed E-state index contributed by atoms with van der Waals surface area (Å²) in [5.74, 6) is -1.12. The topological polar surface area (TPSA) is 104 Å². The largest absolute Gasteiger partial charge is 0.369 e. The van der Waals surface area contributed by atoms with Gasteiger partial charge in [-0.15, -0.1) is 0 Å². The Balaban J connectivity index is 1.11. The van der Waals surface area contributed by atoms with Crippen LogP contribution in [0.5, 0.6) is 0 Å². The molecule has 2 aromatic heterocycles. The van der Waals surface area contributed by atoms with Crippen molar-refractivity contribution in [2.24, 2.45) is 0 Å². The van der Waals surface area contributed by atoms with E-state index in [4.69, 9.17) is 9.97 Å². The molecule has 7 aromatic carbocycles. The van der Waals surface area contributed by atoms with E-state index < -0.39 is 18.0 Å². The Hall–Kier alpha value is -5.81. The number of aliphatic hydroxyl groups excluding tert-OH is 1. The van der Waals surface area contributed by atoms with Gasteiger partial charge in [0.05, 0.1) is 20.4 Å². The molecule has 0 saturated carbocycles. The van der Waals surface area contributed by atoms with E-state index in [2.05, 4.69) is 0 Å². The van der Waals surface area contributed by atoms with Gasteiger partial charge in [0, 0.05) is 33.0 Å². The molecule has 4 heterocycles. The Bertz CT molecular complexity index is 3030. The van der Waals surface area contributed by atoms with Crippen LogP contribution in [0.15, 0.2) is 72.8 Å². The predicted octanol–water partition coefficient (Wildman–Crippen LogP) is 9.64. The van der Waals surface area contributed by atoms with Gasteiger partial charge in [0.15, 0.2) is 11.4 Å². The fraction of sp³-hybridized carbons (Fsp3) is 0.119. The van der Waals surface area contributed by atoms with Crippen molar-refractivity contribution >= 4 is 114 Å². The molecular weight excluding hydrogens is 689 g/mol. The number of aliphatic hydroxyl groups is 1. The van der Waals surface area contributed by atoms with E-state index in [-0.39, 0.29) is 5.91 Å². The lowest BCUT2D eigenvalue weighted by molar-refractivity contribution is 0.0872. The van der Waals surface area contributed by atoms with Crippen LogP contribution in [0.1, 0.15) is 65.1 Å². The molecular formula is C42H26N4O4S2. The minimum atomic E-state index is -1.24. The van der Waals surface area contributed by atoms with Crippen LogP contribution < -0.4 is 9.80 Å². The number of aryl methyl sites for hydroxylation is 4. The standard InChI is InChI=1S/C42H26N4O4S2/c1-17-5-7-19(3)35-33(17)43-41(51-35)45-37(47)25-13-9-21-23-11-15-27-32-28(16-12-24(30(23)32)22-10-14-26(38(45)48)31(25)29(21)22)40(50)46(39(27)49)42-44-34-18(2)6-8-20(4)36(34)52-42/h5-16,37,47H,1-4H3. The molecule has 8 nitrogen and oxygen atoms in total. The highest BCUT2D eigenvalue weighted by Gasteiger charge is 2.39. The van der Waals surface area contributed by atoms with Crippen LogP contribution in [-0.4, -0.2) is 32.8 Å². The van der Waals surface area contributed by atoms with Gasteiger partial charge in [-0.1, -0.05) is 77.3 Å². The molecule has 0 aliphatic carbocycles. The summed E-state index contributed by atoms with van der Waals surface area (Å²) in [5, 5.41) is 19.2. The molecule has 2 aliphatic rings. The summed E-state index contributed by atoms with van der Waals surface area (Å²) in [4.78, 5) is 55.1. The van der Waals surface area contributed by atoms with Gasteiger partial charge < -0.3 is 5.11 Å². The first-order valence-electron chi connectivity index (χ1n) is 17.0. The molecule has 0 fully saturated rings. The zero-order valence-corrected chi connectivity index (χ0v) is 29.9. The molecule has 2 aliphatic heterocycles. The quantitative estimate of drug-likeness (QED) is 0.109. The lowest BCUT2D eigenvalue weighted by Gasteiger charge is -2.33. The Labute approximate surface area is 303 Å². The number of hydrogen-bond acceptors (Lipinski definition) is 8. The van der Waals surface area contributed by atoms with Crippen LogP contribution in [0.2, 0.25) is 0 Å². The number of carbonyl (C=O) groups excluding carboxylic acids is 3. The number of fused-ring (bicyclic) bond motifs is 4. The molecule has 1 atom stereocenters. The summed E-state index contributed by atoms with van der Waals surface area (Å²) in [6.07, 6.45) is -1.24. The van der Waals surface area contributed by atoms with Crippen LogP contribution in [0.4, 0.5) is 10.3 Å². The van der Waals surface area contributed by atoms with Crippen LogP contribution in [0.3, 0.4) is 0 Å². The van der Waals surface area contributed by atoms with E-state index in [0.29, 0.717) is 43.3 Å². The Morgan fingerprint density at radius 1 is 0.519 bits per heavy atom. The number of imide groups is 1. The second-order valence-corrected chi connectivity index (χ2v) is 15.9. The zero-order valence-electron chi connectivity index (χ0n) is 28.3. The van der Waals surface area contributed by atoms with Gasteiger partial charge in [-0.2, -0.15) is 0 Å². The van der Waals surface area contributed by atoms with Crippen molar-refractivity contribution in [2.45, 2.75) is 33.9 Å². The summed E-state index contributed by atoms with van der Waals surface area (Å²) in [5.41, 5.74) is 7.74. The van der Waals surface area contributed by atoms with Gasteiger partial charge in [0.2, 0.25) is 5.13 Å². The summed E-state index contributed by atoms with van der Waals surface area (Å²) >= 11 is 2.76. The maximum absolute atomic E-state index is 14.3. The lowest BCUT2D eigenvalue weighted by Crippen LogP contribution is -2.40. The van der Waals surface area contributed by atoms with Crippen molar-refractivity contribution in [1.82, 2.24) is 9.97 Å². The molecule has 3 amide bonds. The van der Waals surface area contributed by atoms with Gasteiger partial charge in [-0.25, -0.2) is 14.9 Å². The fourth-order valence-electron chi connectivity index (χ4n) is 8.44. The van der Waals surface area contributed by atoms with Gasteiger partial charge in [-0.3, -0.25) is 19.3 Å². The molecule has 0 radical (unpaired) electrons. The monoisotopic (exact) mass is 714 g/mol. The van der Waals surface area contributed by atoms with E-state index >= 15 is 0 Å². The summed E-state index contributed by atoms with van der Waals surface area (Å²) in [6.45, 7) is 8.00. The molecule has 0 bridgehead atoms. The molecule has 52 heavy (non-hydrogen) atoms. The zero-order chi connectivity index (χ0) is 35.5. The average molecular weight is 715 g/mol. The van der Waals surface area contributed by atoms with E-state index in [0.717, 1.165) is 75.0 Å². The third-order valence-corrected chi connectivity index (χ3v) is 13.4. The van der Waals surface area contributed by atoms with Crippen molar-refractivity contribution in [3.8, 4) is 0 Å². The minimum absolute atomic E-state index is 0.314. The Kier molecular flexibility index (Phi) is 5.71. The molecule has 1 N–H and O–H groups in total. The number of thiazole rings is 2. The van der Waals surface area contributed by atoms with Crippen molar-refractivity contribution in [1.29, 1.82) is 0 Å². The van der Waals surface area contributed by atoms with E-state index in [1.54, 1.807) is 12.1 Å². The van der Waals surface area contributed by atoms with Crippen LogP contribution >= 0.6 is 22.7 Å². The van der Waals surface area contributed by atoms with Crippen molar-refractivity contribution in [2.75, 3.05) is 9.80 Å². The molecule has 11 rings (SSSR count). The van der Waals surface area contributed by atoms with Crippen LogP contribution in [0, 0.1) is 27.7 Å². The summed E-state index contributed by atoms with van der Waals surface area (Å²) < 4.78 is 1.95. The first-order chi connectivity index (χ1) is 25.1. The van der Waals surface area contributed by atoms with E-state index in [9.17, 15) is 19.5 Å². The molecule has 0 saturated heterocycles. The van der Waals surface area contributed by atoms with Crippen LogP contribution in [0.25, 0.3) is 63.5 Å². The average Bonchev–Trinajstić information content (AvgIpc) is 3.80. The number of hydrogen-bond donors (Lipinski definition) is 1. The molecule has 250 valence electrons. The lowest BCUT2D eigenvalue weighted by atomic mass is 9.82. The highest BCUT2D eigenvalue weighted by Crippen LogP contribution is 2.49. The number of amides is 3. The molecule has 10 heteroatoms. The van der Waals surface area contributed by atoms with Crippen LogP contribution in [-0.2, 0) is 0 Å². The molecule has 9 aromatic rings. The van der Waals surface area contributed by atoms with Gasteiger partial charge in [0.25, 0.3) is 17.7 Å². The second kappa shape index (κ2) is 9.95. The fourth-order valence-corrected chi connectivity index (χ4v) is 10.7. The smallest absolute Gasteiger partial charge is 0.267 e. The number of benzene rings is 7. The van der Waals surface area contributed by atoms with Gasteiger partial charge in [-0.05, 0) is 100 Å². The maximum Gasteiger partial charge on any atom is 0.267 e. The highest BCUT2D eigenvalue weighted by molar-refractivity contribution is 7.23. The number of aromatic nitrogens is 2. The third kappa shape index (κ3) is 3.56. The number of rotatable bonds is 2. The molecule has 0 spiro atoms. The predicted molar refractivity (Wildman–Crippen MR) is 209 cm³/mol. The molecule has 1 unspecified atom stereocenters. The first-order valence-corrected chi connectivity index (χ1v) is 18.6. The Morgan fingerprint density at radius 2 is 0.962 bits per heavy atom. The maximum atomic E-state index is 14.3. The van der Waals surface area contributed by atoms with Gasteiger partial charge in [0.1, 0.15) is 0 Å². The minimum Gasteiger partial charge on any atom is -0.369 e. The van der Waals surface area contributed by atoms with Crippen molar-refractivity contribution in [3.05, 3.63) is 117 Å². The highest BCUT2D eigenvalue weighted by atomic mass is 32.1. The van der Waals surface area contributed by atoms with Crippen molar-refractivity contribution < 1.29 is 19.5 Å². The number of anilines is 2. The van der Waals surface area contributed by atoms with E-state index in [1.807, 2.05) is 88.4 Å². The summed E-state index contributed by atoms with van der Waals surface area (Å²) in [6, 6.07) is 23.2. The van der Waals surface area contributed by atoms with Crippen molar-refractivity contribution in [3.63, 3.8) is 0 Å². The Morgan fingerprint density at radius 3 is 1.50 bits per heavy atom. The SMILES string of the molecule is Cc1ccc(C)c2sc(N3C(=O)c4ccc5c6ccc7c8c(ccc(c9ccc(c4c59)C3=O)c86)C(O)N(c3nc4c(C)ccc(C)c4s3)C7=O)nc12. The number of nitrogens with zero attached hydrogens (tertiary/aromatic N) is 4. The number of carbonyl (C=O) groups is 3. The third-order valence-electron chi connectivity index (χ3n) is 11.0. The first kappa shape index (κ1) is 29.9. The van der Waals surface area contributed by atoms with Gasteiger partial charge >= 0.3 is 0 Å². The second-order valence-electron chi connectivity index (χ2n) is 13.9. The summed E-state index contributed by atoms with van der Waals surface area (Å²) in [7, 11) is 0. The normalized spacial score (nSPS) is 16.0.